The van der Waals surface area contributed by atoms with E-state index in [9.17, 15) is 4.79 Å². The number of hydrogen-bond acceptors (Lipinski definition) is 3. The lowest BCUT2D eigenvalue weighted by molar-refractivity contribution is 0.103. The number of nitrogens with zero attached hydrogens (tertiary/aromatic N) is 3. The van der Waals surface area contributed by atoms with Gasteiger partial charge in [-0.2, -0.15) is 5.10 Å². The van der Waals surface area contributed by atoms with E-state index in [0.29, 0.717) is 28.3 Å². The molecule has 0 aliphatic heterocycles. The number of para-hydroxylation sites is 1. The van der Waals surface area contributed by atoms with Gasteiger partial charge >= 0.3 is 0 Å². The molecule has 2 aromatic heterocycles. The van der Waals surface area contributed by atoms with Crippen molar-refractivity contribution < 1.29 is 4.79 Å². The summed E-state index contributed by atoms with van der Waals surface area (Å²) in [6, 6.07) is 17.4. The van der Waals surface area contributed by atoms with E-state index >= 15 is 0 Å². The quantitative estimate of drug-likeness (QED) is 0.506. The summed E-state index contributed by atoms with van der Waals surface area (Å²) in [5.74, 6) is -0.0716. The number of pyridine rings is 1. The molecule has 1 aliphatic carbocycles. The maximum absolute atomic E-state index is 13.1. The minimum Gasteiger partial charge on any atom is -0.287 e. The average Bonchev–Trinajstić information content (AvgIpc) is 3.05. The summed E-state index contributed by atoms with van der Waals surface area (Å²) in [5.41, 5.74) is 4.48. The van der Waals surface area contributed by atoms with Crippen molar-refractivity contribution in [2.24, 2.45) is 0 Å². The topological polar surface area (TPSA) is 47.8 Å². The molecule has 0 saturated carbocycles. The van der Waals surface area contributed by atoms with Gasteiger partial charge in [0.25, 0.3) is 0 Å². The predicted molar refractivity (Wildman–Crippen MR) is 101 cm³/mol. The fourth-order valence-corrected chi connectivity index (χ4v) is 3.88. The van der Waals surface area contributed by atoms with Crippen LogP contribution in [0.25, 0.3) is 16.7 Å². The molecule has 0 saturated heterocycles. The molecule has 0 radical (unpaired) electrons. The van der Waals surface area contributed by atoms with E-state index < -0.39 is 0 Å². The van der Waals surface area contributed by atoms with Crippen molar-refractivity contribution in [2.45, 2.75) is 12.8 Å². The number of carbonyl (C=O) groups is 1. The Morgan fingerprint density at radius 3 is 2.58 bits per heavy atom. The van der Waals surface area contributed by atoms with Gasteiger partial charge in [-0.05, 0) is 30.5 Å². The van der Waals surface area contributed by atoms with E-state index in [1.807, 2.05) is 54.6 Å². The normalized spacial score (nSPS) is 13.3. The molecule has 0 unspecified atom stereocenters. The molecule has 0 bridgehead atoms. The fourth-order valence-electron chi connectivity index (χ4n) is 3.57. The van der Waals surface area contributed by atoms with E-state index in [1.54, 1.807) is 10.9 Å². The number of benzene rings is 2. The average molecular weight is 360 g/mol. The van der Waals surface area contributed by atoms with Crippen LogP contribution in [0.1, 0.15) is 27.2 Å². The van der Waals surface area contributed by atoms with Gasteiger partial charge in [0.15, 0.2) is 5.65 Å². The monoisotopic (exact) mass is 359 g/mol. The smallest absolute Gasteiger partial charge is 0.212 e. The summed E-state index contributed by atoms with van der Waals surface area (Å²) in [4.78, 5) is 17.9. The second-order valence-corrected chi connectivity index (χ2v) is 6.75. The molecular formula is C21H14ClN3O. The highest BCUT2D eigenvalue weighted by Gasteiger charge is 2.26. The van der Waals surface area contributed by atoms with Gasteiger partial charge in [0, 0.05) is 11.1 Å². The molecule has 5 rings (SSSR count). The number of aryl methyl sites for hydroxylation is 1. The summed E-state index contributed by atoms with van der Waals surface area (Å²) in [6.07, 6.45) is 3.19. The number of ketones is 1. The number of aromatic nitrogens is 3. The van der Waals surface area contributed by atoms with E-state index in [0.717, 1.165) is 28.6 Å². The van der Waals surface area contributed by atoms with Gasteiger partial charge in [-0.3, -0.25) is 4.79 Å². The SMILES string of the molecule is O=C1c2ccccc2CCc2c1nc1c(cnn1-c1ccccc1)c2Cl. The van der Waals surface area contributed by atoms with Crippen LogP contribution < -0.4 is 0 Å². The second-order valence-electron chi connectivity index (χ2n) is 6.37. The standard InChI is InChI=1S/C21H14ClN3O/c22-18-16-11-10-13-6-4-5-9-15(13)20(26)19(16)24-21-17(18)12-23-25(21)14-7-2-1-3-8-14/h1-9,12H,10-11H2. The van der Waals surface area contributed by atoms with Crippen LogP contribution in [0.2, 0.25) is 5.02 Å². The maximum Gasteiger partial charge on any atom is 0.212 e. The van der Waals surface area contributed by atoms with Crippen LogP contribution in [0.15, 0.2) is 60.8 Å². The Morgan fingerprint density at radius 2 is 1.73 bits per heavy atom. The molecule has 0 amide bonds. The van der Waals surface area contributed by atoms with Gasteiger partial charge in [-0.25, -0.2) is 9.67 Å². The van der Waals surface area contributed by atoms with Gasteiger partial charge in [0.05, 0.1) is 22.3 Å². The van der Waals surface area contributed by atoms with Crippen molar-refractivity contribution in [3.05, 3.63) is 88.2 Å². The molecule has 26 heavy (non-hydrogen) atoms. The largest absolute Gasteiger partial charge is 0.287 e. The maximum atomic E-state index is 13.1. The highest BCUT2D eigenvalue weighted by molar-refractivity contribution is 6.36. The summed E-state index contributed by atoms with van der Waals surface area (Å²) < 4.78 is 1.73. The van der Waals surface area contributed by atoms with Gasteiger partial charge < -0.3 is 0 Å². The molecular weight excluding hydrogens is 346 g/mol. The van der Waals surface area contributed by atoms with Crippen LogP contribution >= 0.6 is 11.6 Å². The predicted octanol–water partition coefficient (Wildman–Crippen LogP) is 4.40. The lowest BCUT2D eigenvalue weighted by Gasteiger charge is -2.09. The molecule has 4 nitrogen and oxygen atoms in total. The Kier molecular flexibility index (Phi) is 3.40. The van der Waals surface area contributed by atoms with Gasteiger partial charge in [-0.1, -0.05) is 54.1 Å². The Labute approximate surface area is 155 Å². The number of halogens is 1. The van der Waals surface area contributed by atoms with Crippen molar-refractivity contribution in [3.8, 4) is 5.69 Å². The van der Waals surface area contributed by atoms with Crippen molar-refractivity contribution >= 4 is 28.4 Å². The minimum atomic E-state index is -0.0716. The molecule has 126 valence electrons. The third kappa shape index (κ3) is 2.19. The highest BCUT2D eigenvalue weighted by atomic mass is 35.5. The second kappa shape index (κ2) is 5.78. The van der Waals surface area contributed by atoms with Crippen molar-refractivity contribution in [3.63, 3.8) is 0 Å². The van der Waals surface area contributed by atoms with Crippen molar-refractivity contribution in [2.75, 3.05) is 0 Å². The van der Waals surface area contributed by atoms with Crippen molar-refractivity contribution in [1.82, 2.24) is 14.8 Å². The van der Waals surface area contributed by atoms with Crippen LogP contribution in [0, 0.1) is 0 Å². The van der Waals surface area contributed by atoms with Gasteiger partial charge in [-0.15, -0.1) is 0 Å². The molecule has 4 aromatic rings. The minimum absolute atomic E-state index is 0.0716. The molecule has 2 aromatic carbocycles. The van der Waals surface area contributed by atoms with Crippen molar-refractivity contribution in [1.29, 1.82) is 0 Å². The first kappa shape index (κ1) is 15.3. The third-order valence-corrected chi connectivity index (χ3v) is 5.30. The first-order valence-corrected chi connectivity index (χ1v) is 8.86. The Bertz CT molecular complexity index is 1160. The van der Waals surface area contributed by atoms with Gasteiger partial charge in [0.2, 0.25) is 5.78 Å². The fraction of sp³-hybridized carbons (Fsp3) is 0.0952. The molecule has 0 atom stereocenters. The first-order chi connectivity index (χ1) is 12.7. The number of hydrogen-bond donors (Lipinski definition) is 0. The Morgan fingerprint density at radius 1 is 0.962 bits per heavy atom. The highest BCUT2D eigenvalue weighted by Crippen LogP contribution is 2.33. The van der Waals surface area contributed by atoms with E-state index in [-0.39, 0.29) is 5.78 Å². The van der Waals surface area contributed by atoms with Crippen LogP contribution in [-0.2, 0) is 12.8 Å². The number of carbonyl (C=O) groups excluding carboxylic acids is 1. The summed E-state index contributed by atoms with van der Waals surface area (Å²) in [7, 11) is 0. The Balaban J connectivity index is 1.79. The molecule has 2 heterocycles. The third-order valence-electron chi connectivity index (χ3n) is 4.87. The van der Waals surface area contributed by atoms with E-state index in [2.05, 4.69) is 5.10 Å². The van der Waals surface area contributed by atoms with E-state index in [1.165, 1.54) is 0 Å². The number of fused-ring (bicyclic) bond motifs is 3. The lowest BCUT2D eigenvalue weighted by Crippen LogP contribution is -2.09. The van der Waals surface area contributed by atoms with Crippen LogP contribution in [0.4, 0.5) is 0 Å². The molecule has 0 fully saturated rings. The van der Waals surface area contributed by atoms with Gasteiger partial charge in [0.1, 0.15) is 5.69 Å². The Hall–Kier alpha value is -2.98. The van der Waals surface area contributed by atoms with E-state index in [4.69, 9.17) is 16.6 Å². The number of rotatable bonds is 1. The summed E-state index contributed by atoms with van der Waals surface area (Å²) >= 11 is 6.70. The molecule has 5 heteroatoms. The zero-order valence-electron chi connectivity index (χ0n) is 13.8. The first-order valence-electron chi connectivity index (χ1n) is 8.48. The zero-order chi connectivity index (χ0) is 17.7. The molecule has 0 spiro atoms. The van der Waals surface area contributed by atoms with Crippen LogP contribution in [0.5, 0.6) is 0 Å². The molecule has 0 N–H and O–H groups in total. The molecule has 1 aliphatic rings. The zero-order valence-corrected chi connectivity index (χ0v) is 14.6. The summed E-state index contributed by atoms with van der Waals surface area (Å²) in [5, 5.41) is 5.80. The van der Waals surface area contributed by atoms with Crippen LogP contribution in [0.3, 0.4) is 0 Å². The lowest BCUT2D eigenvalue weighted by atomic mass is 10.0. The summed E-state index contributed by atoms with van der Waals surface area (Å²) in [6.45, 7) is 0. The van der Waals surface area contributed by atoms with Crippen LogP contribution in [-0.4, -0.2) is 20.5 Å².